The van der Waals surface area contributed by atoms with Crippen LogP contribution in [0, 0.1) is 3.57 Å². The van der Waals surface area contributed by atoms with Gasteiger partial charge in [0.2, 0.25) is 5.91 Å². The second kappa shape index (κ2) is 10.5. The molecular formula is C21H25IN2O5S. The van der Waals surface area contributed by atoms with Crippen molar-refractivity contribution >= 4 is 57.5 Å². The molecule has 162 valence electrons. The average molecular weight is 544 g/mol. The molecule has 30 heavy (non-hydrogen) atoms. The Hall–Kier alpha value is -1.75. The number of carbonyl (C=O) groups excluding carboxylic acids is 3. The Labute approximate surface area is 194 Å². The number of hydrogen-bond acceptors (Lipinski definition) is 6. The van der Waals surface area contributed by atoms with E-state index in [0.717, 1.165) is 51.5 Å². The number of piperidine rings is 1. The molecule has 7 nitrogen and oxygen atoms in total. The van der Waals surface area contributed by atoms with Crippen molar-refractivity contribution in [3.05, 3.63) is 26.2 Å². The van der Waals surface area contributed by atoms with Crippen LogP contribution in [0.2, 0.25) is 0 Å². The molecule has 0 aliphatic carbocycles. The van der Waals surface area contributed by atoms with Crippen LogP contribution in [0.25, 0.3) is 6.08 Å². The third-order valence-corrected chi connectivity index (χ3v) is 6.58. The summed E-state index contributed by atoms with van der Waals surface area (Å²) in [6.07, 6.45) is 5.57. The molecule has 3 rings (SSSR count). The monoisotopic (exact) mass is 544 g/mol. The van der Waals surface area contributed by atoms with E-state index in [9.17, 15) is 14.4 Å². The molecule has 9 heteroatoms. The number of nitrogens with zero attached hydrogens (tertiary/aromatic N) is 2. The maximum absolute atomic E-state index is 12.8. The standard InChI is InChI=1S/C21H25IN2O5S/c1-3-9-29-19-15(22)10-14(11-16(19)28-2)12-17-20(26)24(21(27)30-17)13-18(25)23-7-5-4-6-8-23/h10-12H,3-9,13H2,1-2H3/b17-12-. The van der Waals surface area contributed by atoms with Crippen molar-refractivity contribution in [1.29, 1.82) is 0 Å². The summed E-state index contributed by atoms with van der Waals surface area (Å²) in [4.78, 5) is 40.7. The lowest BCUT2D eigenvalue weighted by atomic mass is 10.1. The lowest BCUT2D eigenvalue weighted by Gasteiger charge is -2.27. The van der Waals surface area contributed by atoms with Gasteiger partial charge in [0.15, 0.2) is 11.5 Å². The van der Waals surface area contributed by atoms with Crippen LogP contribution in [0.4, 0.5) is 4.79 Å². The molecule has 3 amide bonds. The summed E-state index contributed by atoms with van der Waals surface area (Å²) in [6.45, 7) is 3.79. The number of benzene rings is 1. The molecule has 1 aromatic rings. The maximum atomic E-state index is 12.8. The van der Waals surface area contributed by atoms with Crippen LogP contribution in [0.1, 0.15) is 38.2 Å². The second-order valence-corrected chi connectivity index (χ2v) is 9.25. The number of carbonyl (C=O) groups is 3. The van der Waals surface area contributed by atoms with Crippen molar-refractivity contribution < 1.29 is 23.9 Å². The zero-order valence-electron chi connectivity index (χ0n) is 17.1. The molecule has 0 radical (unpaired) electrons. The van der Waals surface area contributed by atoms with E-state index in [0.29, 0.717) is 36.1 Å². The van der Waals surface area contributed by atoms with Gasteiger partial charge >= 0.3 is 0 Å². The van der Waals surface area contributed by atoms with Gasteiger partial charge in [-0.05, 0) is 83.8 Å². The lowest BCUT2D eigenvalue weighted by Crippen LogP contribution is -2.44. The highest BCUT2D eigenvalue weighted by atomic mass is 127. The first-order valence-corrected chi connectivity index (χ1v) is 11.9. The number of ether oxygens (including phenoxy) is 2. The fourth-order valence-electron chi connectivity index (χ4n) is 3.33. The first kappa shape index (κ1) is 22.9. The van der Waals surface area contributed by atoms with Crippen molar-refractivity contribution in [1.82, 2.24) is 9.80 Å². The van der Waals surface area contributed by atoms with E-state index >= 15 is 0 Å². The van der Waals surface area contributed by atoms with Gasteiger partial charge in [-0.15, -0.1) is 0 Å². The van der Waals surface area contributed by atoms with Crippen LogP contribution < -0.4 is 9.47 Å². The highest BCUT2D eigenvalue weighted by Gasteiger charge is 2.37. The van der Waals surface area contributed by atoms with Gasteiger partial charge in [0.1, 0.15) is 6.54 Å². The molecule has 2 aliphatic heterocycles. The topological polar surface area (TPSA) is 76.2 Å². The van der Waals surface area contributed by atoms with Gasteiger partial charge in [-0.1, -0.05) is 6.92 Å². The number of methoxy groups -OCH3 is 1. The summed E-state index contributed by atoms with van der Waals surface area (Å²) in [7, 11) is 1.56. The van der Waals surface area contributed by atoms with Crippen molar-refractivity contribution in [2.24, 2.45) is 0 Å². The summed E-state index contributed by atoms with van der Waals surface area (Å²) < 4.78 is 12.1. The Morgan fingerprint density at radius 3 is 2.63 bits per heavy atom. The molecule has 0 spiro atoms. The molecule has 0 unspecified atom stereocenters. The Balaban J connectivity index is 1.76. The van der Waals surface area contributed by atoms with Crippen LogP contribution in [0.3, 0.4) is 0 Å². The van der Waals surface area contributed by atoms with Crippen LogP contribution in [-0.2, 0) is 9.59 Å². The minimum atomic E-state index is -0.435. The molecular weight excluding hydrogens is 519 g/mol. The summed E-state index contributed by atoms with van der Waals surface area (Å²) in [6, 6.07) is 3.65. The second-order valence-electron chi connectivity index (χ2n) is 7.09. The van der Waals surface area contributed by atoms with Crippen molar-refractivity contribution in [3.63, 3.8) is 0 Å². The molecule has 0 saturated carbocycles. The van der Waals surface area contributed by atoms with Gasteiger partial charge in [-0.2, -0.15) is 0 Å². The summed E-state index contributed by atoms with van der Waals surface area (Å²) in [5.41, 5.74) is 0.730. The average Bonchev–Trinajstić information content (AvgIpc) is 3.00. The third kappa shape index (κ3) is 5.29. The van der Waals surface area contributed by atoms with Gasteiger partial charge in [0.25, 0.3) is 11.1 Å². The van der Waals surface area contributed by atoms with Crippen LogP contribution in [-0.4, -0.2) is 60.2 Å². The Bertz CT molecular complexity index is 867. The van der Waals surface area contributed by atoms with Crippen LogP contribution in [0.5, 0.6) is 11.5 Å². The third-order valence-electron chi connectivity index (χ3n) is 4.88. The molecule has 0 atom stereocenters. The Morgan fingerprint density at radius 1 is 1.23 bits per heavy atom. The predicted octanol–water partition coefficient (Wildman–Crippen LogP) is 4.14. The zero-order valence-corrected chi connectivity index (χ0v) is 20.1. The van der Waals surface area contributed by atoms with Gasteiger partial charge in [-0.3, -0.25) is 19.3 Å². The summed E-state index contributed by atoms with van der Waals surface area (Å²) in [5.74, 6) is 0.626. The molecule has 0 N–H and O–H groups in total. The first-order chi connectivity index (χ1) is 14.4. The number of thioether (sulfide) groups is 1. The number of likely N-dealkylation sites (tertiary alicyclic amines) is 1. The fourth-order valence-corrected chi connectivity index (χ4v) is 4.95. The van der Waals surface area contributed by atoms with Crippen molar-refractivity contribution in [2.45, 2.75) is 32.6 Å². The van der Waals surface area contributed by atoms with E-state index in [2.05, 4.69) is 22.6 Å². The quantitative estimate of drug-likeness (QED) is 0.380. The minimum absolute atomic E-state index is 0.174. The fraction of sp³-hybridized carbons (Fsp3) is 0.476. The summed E-state index contributed by atoms with van der Waals surface area (Å²) in [5, 5.41) is -0.416. The smallest absolute Gasteiger partial charge is 0.294 e. The van der Waals surface area contributed by atoms with Gasteiger partial charge < -0.3 is 14.4 Å². The van der Waals surface area contributed by atoms with Crippen molar-refractivity contribution in [2.75, 3.05) is 33.4 Å². The molecule has 0 bridgehead atoms. The SMILES string of the molecule is CCCOc1c(I)cc(/C=C2\SC(=O)N(CC(=O)N3CCCCC3)C2=O)cc1OC. The summed E-state index contributed by atoms with van der Waals surface area (Å²) >= 11 is 3.02. The largest absolute Gasteiger partial charge is 0.493 e. The van der Waals surface area contributed by atoms with E-state index in [1.54, 1.807) is 24.2 Å². The van der Waals surface area contributed by atoms with E-state index in [4.69, 9.17) is 9.47 Å². The van der Waals surface area contributed by atoms with Gasteiger partial charge in [0, 0.05) is 13.1 Å². The Morgan fingerprint density at radius 2 is 1.97 bits per heavy atom. The van der Waals surface area contributed by atoms with Gasteiger partial charge in [-0.25, -0.2) is 0 Å². The first-order valence-electron chi connectivity index (χ1n) is 9.98. The molecule has 2 aliphatic rings. The zero-order chi connectivity index (χ0) is 21.7. The molecule has 2 saturated heterocycles. The normalized spacial score (nSPS) is 18.3. The predicted molar refractivity (Wildman–Crippen MR) is 125 cm³/mol. The highest BCUT2D eigenvalue weighted by Crippen LogP contribution is 2.37. The van der Waals surface area contributed by atoms with Crippen LogP contribution >= 0.6 is 34.4 Å². The molecule has 2 fully saturated rings. The number of imide groups is 1. The number of hydrogen-bond donors (Lipinski definition) is 0. The molecule has 1 aromatic carbocycles. The Kier molecular flexibility index (Phi) is 8.04. The molecule has 2 heterocycles. The van der Waals surface area contributed by atoms with Crippen LogP contribution in [0.15, 0.2) is 17.0 Å². The number of amides is 3. The van der Waals surface area contributed by atoms with E-state index in [1.807, 2.05) is 13.0 Å². The van der Waals surface area contributed by atoms with E-state index in [1.165, 1.54) is 0 Å². The highest BCUT2D eigenvalue weighted by molar-refractivity contribution is 14.1. The lowest BCUT2D eigenvalue weighted by molar-refractivity contribution is -0.136. The minimum Gasteiger partial charge on any atom is -0.493 e. The van der Waals surface area contributed by atoms with E-state index in [-0.39, 0.29) is 12.5 Å². The molecule has 0 aromatic heterocycles. The number of halogens is 1. The number of rotatable bonds is 7. The van der Waals surface area contributed by atoms with E-state index < -0.39 is 11.1 Å². The van der Waals surface area contributed by atoms with Crippen molar-refractivity contribution in [3.8, 4) is 11.5 Å². The maximum Gasteiger partial charge on any atom is 0.294 e. The van der Waals surface area contributed by atoms with Gasteiger partial charge in [0.05, 0.1) is 22.2 Å².